The van der Waals surface area contributed by atoms with Gasteiger partial charge in [0.15, 0.2) is 0 Å². The zero-order valence-electron chi connectivity index (χ0n) is 11.7. The van der Waals surface area contributed by atoms with Crippen LogP contribution in [0.15, 0.2) is 0 Å². The monoisotopic (exact) mass is 230 g/mol. The second kappa shape index (κ2) is 7.25. The lowest BCUT2D eigenvalue weighted by atomic mass is 9.84. The molecule has 0 aliphatic carbocycles. The molecule has 0 fully saturated rings. The molecule has 0 radical (unpaired) electrons. The second-order valence-corrected chi connectivity index (χ2v) is 5.55. The predicted molar refractivity (Wildman–Crippen MR) is 70.5 cm³/mol. The van der Waals surface area contributed by atoms with Crippen LogP contribution in [0, 0.1) is 5.41 Å². The Morgan fingerprint density at radius 3 is 1.94 bits per heavy atom. The molecule has 0 spiro atoms. The Balaban J connectivity index is 4.84. The van der Waals surface area contributed by atoms with E-state index in [-0.39, 0.29) is 12.0 Å². The minimum Gasteiger partial charge on any atom is -0.395 e. The maximum atomic E-state index is 9.20. The molecule has 3 N–H and O–H groups in total. The SMILES string of the molecule is CCC(CC)N(CCO)C(CN)C(C)(C)C. The number of nitrogens with two attached hydrogens (primary N) is 1. The van der Waals surface area contributed by atoms with Gasteiger partial charge in [0.25, 0.3) is 0 Å². The van der Waals surface area contributed by atoms with Crippen molar-refractivity contribution in [1.29, 1.82) is 0 Å². The summed E-state index contributed by atoms with van der Waals surface area (Å²) >= 11 is 0. The van der Waals surface area contributed by atoms with Crippen molar-refractivity contribution >= 4 is 0 Å². The van der Waals surface area contributed by atoms with Crippen LogP contribution in [0.4, 0.5) is 0 Å². The van der Waals surface area contributed by atoms with Crippen molar-refractivity contribution in [2.45, 2.75) is 59.5 Å². The molecule has 0 amide bonds. The molecule has 0 saturated heterocycles. The average molecular weight is 230 g/mol. The van der Waals surface area contributed by atoms with Gasteiger partial charge in [-0.2, -0.15) is 0 Å². The van der Waals surface area contributed by atoms with Crippen molar-refractivity contribution < 1.29 is 5.11 Å². The van der Waals surface area contributed by atoms with Crippen LogP contribution in [0.3, 0.4) is 0 Å². The summed E-state index contributed by atoms with van der Waals surface area (Å²) in [5.74, 6) is 0. The Morgan fingerprint density at radius 2 is 1.69 bits per heavy atom. The van der Waals surface area contributed by atoms with Crippen molar-refractivity contribution in [1.82, 2.24) is 4.90 Å². The maximum absolute atomic E-state index is 9.20. The Labute approximate surface area is 101 Å². The van der Waals surface area contributed by atoms with Gasteiger partial charge in [-0.3, -0.25) is 4.90 Å². The largest absolute Gasteiger partial charge is 0.395 e. The molecule has 16 heavy (non-hydrogen) atoms. The van der Waals surface area contributed by atoms with Crippen molar-refractivity contribution in [3.63, 3.8) is 0 Å². The Morgan fingerprint density at radius 1 is 1.19 bits per heavy atom. The first-order valence-electron chi connectivity index (χ1n) is 6.48. The number of hydrogen-bond acceptors (Lipinski definition) is 3. The minimum atomic E-state index is 0.159. The van der Waals surface area contributed by atoms with Gasteiger partial charge < -0.3 is 10.8 Å². The molecule has 0 aromatic heterocycles. The summed E-state index contributed by atoms with van der Waals surface area (Å²) in [6, 6.07) is 0.865. The zero-order chi connectivity index (χ0) is 12.8. The molecule has 0 rings (SSSR count). The highest BCUT2D eigenvalue weighted by molar-refractivity contribution is 4.87. The maximum Gasteiger partial charge on any atom is 0.0558 e. The van der Waals surface area contributed by atoms with E-state index in [1.807, 2.05) is 0 Å². The molecular formula is C13H30N2O. The van der Waals surface area contributed by atoms with Crippen LogP contribution < -0.4 is 5.73 Å². The van der Waals surface area contributed by atoms with Gasteiger partial charge in [-0.15, -0.1) is 0 Å². The normalized spacial score (nSPS) is 14.8. The van der Waals surface area contributed by atoms with E-state index in [1.165, 1.54) is 0 Å². The van der Waals surface area contributed by atoms with Gasteiger partial charge in [0, 0.05) is 25.2 Å². The van der Waals surface area contributed by atoms with Gasteiger partial charge in [0.2, 0.25) is 0 Å². The second-order valence-electron chi connectivity index (χ2n) is 5.55. The van der Waals surface area contributed by atoms with E-state index in [0.717, 1.165) is 19.4 Å². The van der Waals surface area contributed by atoms with Crippen LogP contribution in [-0.4, -0.2) is 41.8 Å². The summed E-state index contributed by atoms with van der Waals surface area (Å²) in [7, 11) is 0. The molecule has 3 heteroatoms. The zero-order valence-corrected chi connectivity index (χ0v) is 11.7. The first kappa shape index (κ1) is 15.9. The van der Waals surface area contributed by atoms with Crippen LogP contribution in [0.1, 0.15) is 47.5 Å². The summed E-state index contributed by atoms with van der Waals surface area (Å²) in [6.45, 7) is 12.7. The number of aliphatic hydroxyl groups excluding tert-OH is 1. The van der Waals surface area contributed by atoms with Gasteiger partial charge in [0.05, 0.1) is 6.61 Å². The van der Waals surface area contributed by atoms with E-state index in [1.54, 1.807) is 0 Å². The topological polar surface area (TPSA) is 49.5 Å². The highest BCUT2D eigenvalue weighted by Gasteiger charge is 2.31. The minimum absolute atomic E-state index is 0.159. The number of hydrogen-bond donors (Lipinski definition) is 2. The Hall–Kier alpha value is -0.120. The molecular weight excluding hydrogens is 200 g/mol. The van der Waals surface area contributed by atoms with Crippen LogP contribution >= 0.6 is 0 Å². The van der Waals surface area contributed by atoms with E-state index in [2.05, 4.69) is 39.5 Å². The summed E-state index contributed by atoms with van der Waals surface area (Å²) in [4.78, 5) is 2.39. The van der Waals surface area contributed by atoms with Crippen LogP contribution in [-0.2, 0) is 0 Å². The lowest BCUT2D eigenvalue weighted by Crippen LogP contribution is -2.53. The lowest BCUT2D eigenvalue weighted by molar-refractivity contribution is 0.0432. The summed E-state index contributed by atoms with van der Waals surface area (Å²) < 4.78 is 0. The molecule has 0 heterocycles. The molecule has 0 aromatic carbocycles. The van der Waals surface area contributed by atoms with Crippen LogP contribution in [0.25, 0.3) is 0 Å². The third kappa shape index (κ3) is 4.40. The van der Waals surface area contributed by atoms with E-state index >= 15 is 0 Å². The molecule has 1 atom stereocenters. The summed E-state index contributed by atoms with van der Waals surface area (Å²) in [5, 5.41) is 9.20. The van der Waals surface area contributed by atoms with Crippen LogP contribution in [0.5, 0.6) is 0 Å². The van der Waals surface area contributed by atoms with E-state index in [9.17, 15) is 5.11 Å². The molecule has 0 aromatic rings. The molecule has 0 bridgehead atoms. The van der Waals surface area contributed by atoms with Crippen molar-refractivity contribution in [2.24, 2.45) is 11.1 Å². The molecule has 0 aliphatic heterocycles. The fraction of sp³-hybridized carbons (Fsp3) is 1.00. The van der Waals surface area contributed by atoms with Gasteiger partial charge in [0.1, 0.15) is 0 Å². The summed E-state index contributed by atoms with van der Waals surface area (Å²) in [5.41, 5.74) is 6.07. The van der Waals surface area contributed by atoms with Gasteiger partial charge in [-0.1, -0.05) is 34.6 Å². The molecule has 0 aliphatic rings. The average Bonchev–Trinajstić information content (AvgIpc) is 2.18. The van der Waals surface area contributed by atoms with E-state index in [0.29, 0.717) is 18.6 Å². The Kier molecular flexibility index (Phi) is 7.20. The molecule has 98 valence electrons. The standard InChI is InChI=1S/C13H30N2O/c1-6-11(7-2)15(8-9-16)12(10-14)13(3,4)5/h11-12,16H,6-10,14H2,1-5H3. The fourth-order valence-corrected chi connectivity index (χ4v) is 2.45. The number of rotatable bonds is 7. The first-order chi connectivity index (χ1) is 7.42. The molecule has 3 nitrogen and oxygen atoms in total. The lowest BCUT2D eigenvalue weighted by Gasteiger charge is -2.43. The van der Waals surface area contributed by atoms with Crippen molar-refractivity contribution in [2.75, 3.05) is 19.7 Å². The smallest absolute Gasteiger partial charge is 0.0558 e. The van der Waals surface area contributed by atoms with Crippen LogP contribution in [0.2, 0.25) is 0 Å². The van der Waals surface area contributed by atoms with Crippen molar-refractivity contribution in [3.05, 3.63) is 0 Å². The third-order valence-corrected chi connectivity index (χ3v) is 3.39. The molecule has 0 saturated carbocycles. The number of nitrogens with zero attached hydrogens (tertiary/aromatic N) is 1. The highest BCUT2D eigenvalue weighted by atomic mass is 16.3. The van der Waals surface area contributed by atoms with Gasteiger partial charge in [-0.25, -0.2) is 0 Å². The summed E-state index contributed by atoms with van der Waals surface area (Å²) in [6.07, 6.45) is 2.23. The first-order valence-corrected chi connectivity index (χ1v) is 6.48. The predicted octanol–water partition coefficient (Wildman–Crippen LogP) is 1.84. The van der Waals surface area contributed by atoms with E-state index in [4.69, 9.17) is 5.73 Å². The molecule has 1 unspecified atom stereocenters. The van der Waals surface area contributed by atoms with Crippen molar-refractivity contribution in [3.8, 4) is 0 Å². The Bertz CT molecular complexity index is 173. The van der Waals surface area contributed by atoms with E-state index < -0.39 is 0 Å². The fourth-order valence-electron chi connectivity index (χ4n) is 2.45. The number of aliphatic hydroxyl groups is 1. The van der Waals surface area contributed by atoms with Gasteiger partial charge >= 0.3 is 0 Å². The van der Waals surface area contributed by atoms with Gasteiger partial charge in [-0.05, 0) is 18.3 Å². The highest BCUT2D eigenvalue weighted by Crippen LogP contribution is 2.26. The third-order valence-electron chi connectivity index (χ3n) is 3.39. The quantitative estimate of drug-likeness (QED) is 0.701.